The Bertz CT molecular complexity index is 980. The van der Waals surface area contributed by atoms with Crippen LogP contribution in [0.1, 0.15) is 12.0 Å². The van der Waals surface area contributed by atoms with Gasteiger partial charge in [-0.3, -0.25) is 9.69 Å². The predicted octanol–water partition coefficient (Wildman–Crippen LogP) is 3.56. The number of rotatable bonds is 9. The van der Waals surface area contributed by atoms with Crippen LogP contribution < -0.4 is 10.2 Å². The molecule has 0 atom stereocenters. The maximum absolute atomic E-state index is 12.6. The zero-order valence-electron chi connectivity index (χ0n) is 19.3. The Labute approximate surface area is 211 Å². The van der Waals surface area contributed by atoms with Crippen molar-refractivity contribution >= 4 is 40.8 Å². The third-order valence-electron chi connectivity index (χ3n) is 6.32. The Morgan fingerprint density at radius 3 is 2.35 bits per heavy atom. The van der Waals surface area contributed by atoms with Gasteiger partial charge in [-0.25, -0.2) is 4.79 Å². The molecule has 2 aliphatic rings. The highest BCUT2D eigenvalue weighted by Crippen LogP contribution is 2.21. The number of hydrogen-bond acceptors (Lipinski definition) is 4. The third kappa shape index (κ3) is 6.78. The summed E-state index contributed by atoms with van der Waals surface area (Å²) in [5.74, 6) is -0.104. The Balaban J connectivity index is 1.10. The zero-order chi connectivity index (χ0) is 23.9. The van der Waals surface area contributed by atoms with Crippen molar-refractivity contribution in [2.24, 2.45) is 0 Å². The summed E-state index contributed by atoms with van der Waals surface area (Å²) in [6, 6.07) is 15.4. The fourth-order valence-electron chi connectivity index (χ4n) is 4.40. The lowest BCUT2D eigenvalue weighted by Gasteiger charge is -2.36. The van der Waals surface area contributed by atoms with Gasteiger partial charge < -0.3 is 20.0 Å². The molecule has 2 fully saturated rings. The Kier molecular flexibility index (Phi) is 8.53. The molecule has 0 unspecified atom stereocenters. The van der Waals surface area contributed by atoms with Gasteiger partial charge in [0.15, 0.2) is 0 Å². The topological polar surface area (TPSA) is 59.1 Å². The highest BCUT2D eigenvalue weighted by Gasteiger charge is 2.29. The van der Waals surface area contributed by atoms with Crippen LogP contribution in [0.5, 0.6) is 0 Å². The molecular weight excluding hydrogens is 473 g/mol. The Morgan fingerprint density at radius 2 is 1.62 bits per heavy atom. The van der Waals surface area contributed by atoms with Crippen LogP contribution in [0, 0.1) is 0 Å². The van der Waals surface area contributed by atoms with Crippen LogP contribution in [-0.2, 0) is 11.3 Å². The average Bonchev–Trinajstić information content (AvgIpc) is 3.17. The van der Waals surface area contributed by atoms with E-state index in [0.29, 0.717) is 31.2 Å². The van der Waals surface area contributed by atoms with Crippen molar-refractivity contribution in [3.63, 3.8) is 0 Å². The van der Waals surface area contributed by atoms with E-state index in [9.17, 15) is 9.59 Å². The van der Waals surface area contributed by atoms with E-state index in [4.69, 9.17) is 23.2 Å². The lowest BCUT2D eigenvalue weighted by molar-refractivity contribution is -0.121. The SMILES string of the molecule is O=C(CN1CCN(Cc2ccc(Cl)cc2)C1=O)NCCCN1CCN(c2cccc(Cl)c2)CC1. The normalized spacial score (nSPS) is 16.9. The van der Waals surface area contributed by atoms with Crippen LogP contribution in [0.2, 0.25) is 10.0 Å². The molecule has 0 bridgehead atoms. The first-order chi connectivity index (χ1) is 16.5. The maximum atomic E-state index is 12.6. The van der Waals surface area contributed by atoms with E-state index in [1.165, 1.54) is 5.69 Å². The molecule has 34 heavy (non-hydrogen) atoms. The number of carbonyl (C=O) groups is 2. The molecule has 1 N–H and O–H groups in total. The molecule has 2 heterocycles. The molecule has 2 saturated heterocycles. The lowest BCUT2D eigenvalue weighted by Crippen LogP contribution is -2.47. The summed E-state index contributed by atoms with van der Waals surface area (Å²) < 4.78 is 0. The first kappa shape index (κ1) is 24.6. The van der Waals surface area contributed by atoms with Gasteiger partial charge in [0.25, 0.3) is 0 Å². The molecule has 182 valence electrons. The van der Waals surface area contributed by atoms with Gasteiger partial charge in [-0.2, -0.15) is 0 Å². The monoisotopic (exact) mass is 503 g/mol. The summed E-state index contributed by atoms with van der Waals surface area (Å²) in [5, 5.41) is 4.40. The van der Waals surface area contributed by atoms with Gasteiger partial charge in [0.2, 0.25) is 5.91 Å². The minimum atomic E-state index is -0.104. The van der Waals surface area contributed by atoms with E-state index >= 15 is 0 Å². The van der Waals surface area contributed by atoms with Gasteiger partial charge in [0, 0.05) is 68.1 Å². The van der Waals surface area contributed by atoms with Gasteiger partial charge in [-0.1, -0.05) is 41.4 Å². The number of piperazine rings is 1. The van der Waals surface area contributed by atoms with Crippen LogP contribution in [0.4, 0.5) is 10.5 Å². The second-order valence-corrected chi connectivity index (χ2v) is 9.64. The number of halogens is 2. The quantitative estimate of drug-likeness (QED) is 0.531. The zero-order valence-corrected chi connectivity index (χ0v) is 20.8. The van der Waals surface area contributed by atoms with Crippen molar-refractivity contribution in [1.29, 1.82) is 0 Å². The first-order valence-electron chi connectivity index (χ1n) is 11.8. The van der Waals surface area contributed by atoms with E-state index in [1.54, 1.807) is 9.80 Å². The minimum absolute atomic E-state index is 0.0947. The van der Waals surface area contributed by atoms with Crippen molar-refractivity contribution in [3.05, 3.63) is 64.1 Å². The van der Waals surface area contributed by atoms with Crippen molar-refractivity contribution in [3.8, 4) is 0 Å². The van der Waals surface area contributed by atoms with E-state index in [1.807, 2.05) is 42.5 Å². The molecule has 0 radical (unpaired) electrons. The largest absolute Gasteiger partial charge is 0.369 e. The average molecular weight is 504 g/mol. The summed E-state index contributed by atoms with van der Waals surface area (Å²) in [4.78, 5) is 33.1. The second-order valence-electron chi connectivity index (χ2n) is 8.76. The molecule has 2 aromatic carbocycles. The van der Waals surface area contributed by atoms with Crippen LogP contribution in [0.15, 0.2) is 48.5 Å². The molecule has 2 aliphatic heterocycles. The summed E-state index contributed by atoms with van der Waals surface area (Å²) in [6.45, 7) is 7.30. The number of anilines is 1. The van der Waals surface area contributed by atoms with Crippen LogP contribution in [-0.4, -0.2) is 85.5 Å². The molecule has 2 aromatic rings. The third-order valence-corrected chi connectivity index (χ3v) is 6.81. The number of benzene rings is 2. The van der Waals surface area contributed by atoms with Crippen LogP contribution >= 0.6 is 23.2 Å². The second kappa shape index (κ2) is 11.8. The molecule has 0 aliphatic carbocycles. The fraction of sp³-hybridized carbons (Fsp3) is 0.440. The van der Waals surface area contributed by atoms with Crippen molar-refractivity contribution in [2.45, 2.75) is 13.0 Å². The van der Waals surface area contributed by atoms with Crippen molar-refractivity contribution in [1.82, 2.24) is 20.0 Å². The van der Waals surface area contributed by atoms with E-state index in [2.05, 4.69) is 21.2 Å². The summed E-state index contributed by atoms with van der Waals surface area (Å²) >= 11 is 12.0. The number of hydrogen-bond donors (Lipinski definition) is 1. The van der Waals surface area contributed by atoms with E-state index < -0.39 is 0 Å². The number of nitrogens with zero attached hydrogens (tertiary/aromatic N) is 4. The fourth-order valence-corrected chi connectivity index (χ4v) is 4.71. The Morgan fingerprint density at radius 1 is 0.882 bits per heavy atom. The molecule has 0 saturated carbocycles. The Hall–Kier alpha value is -2.48. The van der Waals surface area contributed by atoms with Crippen molar-refractivity contribution < 1.29 is 9.59 Å². The predicted molar refractivity (Wildman–Crippen MR) is 137 cm³/mol. The molecule has 9 heteroatoms. The maximum Gasteiger partial charge on any atom is 0.320 e. The van der Waals surface area contributed by atoms with Gasteiger partial charge in [0.05, 0.1) is 0 Å². The minimum Gasteiger partial charge on any atom is -0.369 e. The number of nitrogens with one attached hydrogen (secondary N) is 1. The number of carbonyl (C=O) groups excluding carboxylic acids is 2. The van der Waals surface area contributed by atoms with Gasteiger partial charge in [-0.15, -0.1) is 0 Å². The number of urea groups is 1. The molecule has 4 rings (SSSR count). The highest BCUT2D eigenvalue weighted by atomic mass is 35.5. The standard InChI is InChI=1S/C25H31Cl2N5O2/c26-21-7-5-20(6-8-21)18-31-15-16-32(25(31)34)19-24(33)28-9-2-10-29-11-13-30(14-12-29)23-4-1-3-22(27)17-23/h1,3-8,17H,2,9-16,18-19H2,(H,28,33). The summed E-state index contributed by atoms with van der Waals surface area (Å²) in [6.07, 6.45) is 0.888. The molecule has 7 nitrogen and oxygen atoms in total. The van der Waals surface area contributed by atoms with Crippen molar-refractivity contribution in [2.75, 3.05) is 63.8 Å². The van der Waals surface area contributed by atoms with E-state index in [-0.39, 0.29) is 18.5 Å². The lowest BCUT2D eigenvalue weighted by atomic mass is 10.2. The molecule has 3 amide bonds. The summed E-state index contributed by atoms with van der Waals surface area (Å²) in [7, 11) is 0. The van der Waals surface area contributed by atoms with Crippen LogP contribution in [0.25, 0.3) is 0 Å². The molecule has 0 aromatic heterocycles. The van der Waals surface area contributed by atoms with Gasteiger partial charge >= 0.3 is 6.03 Å². The smallest absolute Gasteiger partial charge is 0.320 e. The molecule has 0 spiro atoms. The highest BCUT2D eigenvalue weighted by molar-refractivity contribution is 6.31. The van der Waals surface area contributed by atoms with Crippen LogP contribution in [0.3, 0.4) is 0 Å². The molecular formula is C25H31Cl2N5O2. The van der Waals surface area contributed by atoms with Gasteiger partial charge in [-0.05, 0) is 48.9 Å². The van der Waals surface area contributed by atoms with Gasteiger partial charge in [0.1, 0.15) is 6.54 Å². The van der Waals surface area contributed by atoms with E-state index in [0.717, 1.165) is 49.7 Å². The number of amides is 3. The summed E-state index contributed by atoms with van der Waals surface area (Å²) in [5.41, 5.74) is 2.19. The first-order valence-corrected chi connectivity index (χ1v) is 12.5.